The lowest BCUT2D eigenvalue weighted by molar-refractivity contribution is -0.274. The SMILES string of the molecule is N#CC(C#N)=C1C(c2cc(C(F)(F)F)cc(C(F)(F)F)c2)=C(C#N)c2c(F)c3c(c(-c4ccc(OC(F)(F)F)cc4)c21)C(=C(C#N)C#N)C(c1cc(C(F)(F)F)cc(C(F)(F)F)c1)=C3C#N. The summed E-state index contributed by atoms with van der Waals surface area (Å²) >= 11 is 0. The average Bonchev–Trinajstić information content (AvgIpc) is 3.74. The molecule has 0 saturated carbocycles. The number of nitriles is 6. The molecule has 4 aromatic carbocycles. The summed E-state index contributed by atoms with van der Waals surface area (Å²) in [6.07, 6.45) is -27.8. The molecule has 2 aliphatic rings. The molecule has 4 aromatic rings. The van der Waals surface area contributed by atoms with Crippen LogP contribution in [0.1, 0.15) is 55.6 Å². The Balaban J connectivity index is 1.95. The number of ether oxygens (including phenoxy) is 1. The molecule has 330 valence electrons. The molecule has 0 amide bonds. The lowest BCUT2D eigenvalue weighted by Gasteiger charge is -2.21. The average molecular weight is 931 g/mol. The molecule has 0 bridgehead atoms. The fourth-order valence-corrected chi connectivity index (χ4v) is 7.32. The van der Waals surface area contributed by atoms with E-state index in [0.717, 1.165) is 0 Å². The van der Waals surface area contributed by atoms with Gasteiger partial charge in [-0.2, -0.15) is 84.3 Å². The van der Waals surface area contributed by atoms with Crippen LogP contribution in [0.3, 0.4) is 0 Å². The molecule has 0 heterocycles. The van der Waals surface area contributed by atoms with Crippen LogP contribution in [0.15, 0.2) is 71.8 Å². The molecule has 0 aliphatic heterocycles. The third-order valence-electron chi connectivity index (χ3n) is 9.74. The van der Waals surface area contributed by atoms with Crippen LogP contribution in [0, 0.1) is 73.8 Å². The topological polar surface area (TPSA) is 152 Å². The van der Waals surface area contributed by atoms with Gasteiger partial charge < -0.3 is 4.74 Å². The van der Waals surface area contributed by atoms with Gasteiger partial charge >= 0.3 is 31.1 Å². The molecule has 2 aliphatic carbocycles. The smallest absolute Gasteiger partial charge is 0.406 e. The Morgan fingerprint density at radius 1 is 0.409 bits per heavy atom. The molecule has 0 saturated heterocycles. The molecule has 0 N–H and O–H groups in total. The first kappa shape index (κ1) is 47.0. The van der Waals surface area contributed by atoms with Crippen LogP contribution >= 0.6 is 0 Å². The summed E-state index contributed by atoms with van der Waals surface area (Å²) in [6, 6.07) is 9.55. The lowest BCUT2D eigenvalue weighted by atomic mass is 9.81. The van der Waals surface area contributed by atoms with Crippen molar-refractivity contribution in [3.8, 4) is 53.3 Å². The Morgan fingerprint density at radius 3 is 0.985 bits per heavy atom. The van der Waals surface area contributed by atoms with Crippen molar-refractivity contribution < 1.29 is 75.0 Å². The van der Waals surface area contributed by atoms with Crippen LogP contribution in [-0.2, 0) is 24.7 Å². The molecule has 0 spiro atoms. The lowest BCUT2D eigenvalue weighted by Crippen LogP contribution is -2.17. The number of benzene rings is 4. The number of halogens is 16. The number of hydrogen-bond donors (Lipinski definition) is 0. The van der Waals surface area contributed by atoms with Crippen molar-refractivity contribution in [1.29, 1.82) is 31.6 Å². The maximum Gasteiger partial charge on any atom is 0.573 e. The summed E-state index contributed by atoms with van der Waals surface area (Å²) in [7, 11) is 0. The van der Waals surface area contributed by atoms with Gasteiger partial charge in [0.25, 0.3) is 0 Å². The van der Waals surface area contributed by atoms with Crippen molar-refractivity contribution in [3.05, 3.63) is 133 Å². The Kier molecular flexibility index (Phi) is 11.3. The Morgan fingerprint density at radius 2 is 0.727 bits per heavy atom. The Bertz CT molecular complexity index is 2930. The molecule has 0 fully saturated rings. The molecular formula is C43H10F16N6O. The van der Waals surface area contributed by atoms with Crippen LogP contribution < -0.4 is 4.74 Å². The minimum absolute atomic E-state index is 0.00802. The molecule has 0 atom stereocenters. The van der Waals surface area contributed by atoms with Crippen LogP contribution in [0.4, 0.5) is 70.2 Å². The van der Waals surface area contributed by atoms with Crippen LogP contribution in [-0.4, -0.2) is 6.36 Å². The zero-order chi connectivity index (χ0) is 49.2. The van der Waals surface area contributed by atoms with Gasteiger partial charge in [0.05, 0.1) is 33.4 Å². The Hall–Kier alpha value is -8.54. The van der Waals surface area contributed by atoms with Gasteiger partial charge in [0, 0.05) is 44.5 Å². The highest BCUT2D eigenvalue weighted by atomic mass is 19.4. The van der Waals surface area contributed by atoms with E-state index in [9.17, 15) is 97.4 Å². The van der Waals surface area contributed by atoms with Crippen molar-refractivity contribution in [2.45, 2.75) is 31.1 Å². The second-order valence-corrected chi connectivity index (χ2v) is 13.5. The van der Waals surface area contributed by atoms with Crippen molar-refractivity contribution >= 4 is 33.4 Å². The highest BCUT2D eigenvalue weighted by Gasteiger charge is 2.47. The first-order chi connectivity index (χ1) is 30.6. The fraction of sp³-hybridized carbons (Fsp3) is 0.116. The third kappa shape index (κ3) is 8.10. The van der Waals surface area contributed by atoms with Gasteiger partial charge in [-0.05, 0) is 70.8 Å². The van der Waals surface area contributed by atoms with E-state index in [4.69, 9.17) is 0 Å². The van der Waals surface area contributed by atoms with Gasteiger partial charge in [-0.1, -0.05) is 12.1 Å². The van der Waals surface area contributed by atoms with Gasteiger partial charge in [0.2, 0.25) is 0 Å². The molecule has 66 heavy (non-hydrogen) atoms. The van der Waals surface area contributed by atoms with Gasteiger partial charge in [-0.15, -0.1) is 13.2 Å². The number of rotatable bonds is 4. The quantitative estimate of drug-likeness (QED) is 0.146. The summed E-state index contributed by atoms with van der Waals surface area (Å²) < 4.78 is 232. The predicted octanol–water partition coefficient (Wildman–Crippen LogP) is 13.0. The van der Waals surface area contributed by atoms with E-state index >= 15 is 4.39 Å². The van der Waals surface area contributed by atoms with E-state index in [1.54, 1.807) is 0 Å². The molecule has 23 heteroatoms. The van der Waals surface area contributed by atoms with E-state index in [1.165, 1.54) is 36.4 Å². The second kappa shape index (κ2) is 15.9. The number of nitrogens with zero attached hydrogens (tertiary/aromatic N) is 6. The maximum absolute atomic E-state index is 17.8. The second-order valence-electron chi connectivity index (χ2n) is 13.5. The largest absolute Gasteiger partial charge is 0.573 e. The summed E-state index contributed by atoms with van der Waals surface area (Å²) in [5, 5.41) is 62.0. The van der Waals surface area contributed by atoms with Crippen molar-refractivity contribution in [2.75, 3.05) is 0 Å². The summed E-state index contributed by atoms with van der Waals surface area (Å²) in [5.74, 6) is -3.01. The van der Waals surface area contributed by atoms with E-state index in [1.807, 2.05) is 0 Å². The molecule has 0 radical (unpaired) electrons. The summed E-state index contributed by atoms with van der Waals surface area (Å²) in [5.41, 5.74) is -27.1. The number of hydrogen-bond acceptors (Lipinski definition) is 7. The third-order valence-corrected chi connectivity index (χ3v) is 9.74. The molecule has 7 nitrogen and oxygen atoms in total. The van der Waals surface area contributed by atoms with Crippen LogP contribution in [0.2, 0.25) is 0 Å². The van der Waals surface area contributed by atoms with Gasteiger partial charge in [-0.3, -0.25) is 0 Å². The monoisotopic (exact) mass is 930 g/mol. The summed E-state index contributed by atoms with van der Waals surface area (Å²) in [6.45, 7) is 0. The van der Waals surface area contributed by atoms with Gasteiger partial charge in [0.15, 0.2) is 0 Å². The van der Waals surface area contributed by atoms with Crippen LogP contribution in [0.25, 0.3) is 44.6 Å². The first-order valence-corrected chi connectivity index (χ1v) is 17.3. The maximum atomic E-state index is 17.8. The van der Waals surface area contributed by atoms with Gasteiger partial charge in [0.1, 0.15) is 59.1 Å². The minimum atomic E-state index is -5.60. The number of fused-ring (bicyclic) bond motifs is 2. The van der Waals surface area contributed by atoms with Crippen molar-refractivity contribution in [1.82, 2.24) is 0 Å². The highest BCUT2D eigenvalue weighted by molar-refractivity contribution is 6.33. The van der Waals surface area contributed by atoms with E-state index in [0.29, 0.717) is 24.3 Å². The minimum Gasteiger partial charge on any atom is -0.406 e. The normalized spacial score (nSPS) is 13.8. The Labute approximate surface area is 357 Å². The fourth-order valence-electron chi connectivity index (χ4n) is 7.32. The van der Waals surface area contributed by atoms with E-state index in [2.05, 4.69) is 4.74 Å². The predicted molar refractivity (Wildman–Crippen MR) is 193 cm³/mol. The molecule has 6 rings (SSSR count). The highest BCUT2D eigenvalue weighted by Crippen LogP contribution is 2.61. The van der Waals surface area contributed by atoms with Crippen LogP contribution in [0.5, 0.6) is 5.75 Å². The zero-order valence-electron chi connectivity index (χ0n) is 31.4. The van der Waals surface area contributed by atoms with E-state index in [-0.39, 0.29) is 36.4 Å². The first-order valence-electron chi connectivity index (χ1n) is 17.3. The standard InChI is InChI=1S/C43H10F16N6O/c44-38-34-27(15-64)29(18-5-22(39(45,46)47)9-23(6-18)40(48,49)50)32(20(11-60)12-61)36(34)31(17-1-3-26(4-2-17)66-43(57,58)59)37-33(21(13-62)14-63)30(28(16-65)35(37)38)19-7-24(41(51,52)53)10-25(8-19)42(54,55)56/h1-10H. The number of allylic oxidation sites excluding steroid dienone is 8. The molecule has 0 unspecified atom stereocenters. The van der Waals surface area contributed by atoms with Crippen molar-refractivity contribution in [3.63, 3.8) is 0 Å². The van der Waals surface area contributed by atoms with E-state index < -0.39 is 154 Å². The van der Waals surface area contributed by atoms with Gasteiger partial charge in [-0.25, -0.2) is 4.39 Å². The zero-order valence-corrected chi connectivity index (χ0v) is 31.4. The molecular weight excluding hydrogens is 920 g/mol. The number of alkyl halides is 15. The summed E-state index contributed by atoms with van der Waals surface area (Å²) in [4.78, 5) is 0. The molecule has 0 aromatic heterocycles. The van der Waals surface area contributed by atoms with Crippen molar-refractivity contribution in [2.24, 2.45) is 0 Å².